The summed E-state index contributed by atoms with van der Waals surface area (Å²) in [5, 5.41) is 11.0. The van der Waals surface area contributed by atoms with Gasteiger partial charge in [0.15, 0.2) is 0 Å². The van der Waals surface area contributed by atoms with Crippen molar-refractivity contribution < 1.29 is 30.3 Å². The Labute approximate surface area is 120 Å². The van der Waals surface area contributed by atoms with Crippen molar-refractivity contribution in [3.63, 3.8) is 0 Å². The number of carbonyl (C=O) groups excluding carboxylic acids is 2. The van der Waals surface area contributed by atoms with Crippen molar-refractivity contribution >= 4 is 18.0 Å². The van der Waals surface area contributed by atoms with E-state index in [1.54, 1.807) is 20.8 Å². The van der Waals surface area contributed by atoms with Gasteiger partial charge in [0.1, 0.15) is 17.2 Å². The summed E-state index contributed by atoms with van der Waals surface area (Å²) < 4.78 is 17.2. The van der Waals surface area contributed by atoms with E-state index in [-0.39, 0.29) is 6.90 Å². The number of amides is 1. The zero-order chi connectivity index (χ0) is 16.8. The van der Waals surface area contributed by atoms with Crippen LogP contribution in [0.15, 0.2) is 0 Å². The minimum Gasteiger partial charge on any atom is -0.481 e. The highest BCUT2D eigenvalue weighted by atomic mass is 16.6. The maximum Gasteiger partial charge on any atom is 0.408 e. The van der Waals surface area contributed by atoms with E-state index in [0.29, 0.717) is 0 Å². The lowest BCUT2D eigenvalue weighted by molar-refractivity contribution is -0.160. The molecule has 1 amide bonds. The normalized spacial score (nSPS) is 13.9. The molecule has 0 spiro atoms. The quantitative estimate of drug-likeness (QED) is 0.764. The lowest BCUT2D eigenvalue weighted by atomic mass is 10.1. The molecule has 0 aliphatic heterocycles. The van der Waals surface area contributed by atoms with Gasteiger partial charge in [-0.15, -0.1) is 0 Å². The number of rotatable bonds is 4. The van der Waals surface area contributed by atoms with Crippen LogP contribution in [0.4, 0.5) is 4.79 Å². The molecule has 0 rings (SSSR count). The summed E-state index contributed by atoms with van der Waals surface area (Å²) in [4.78, 5) is 34.3. The lowest BCUT2D eigenvalue weighted by Gasteiger charge is -2.25. The van der Waals surface area contributed by atoms with Crippen LogP contribution in [0, 0.1) is 0 Å². The molecule has 0 saturated heterocycles. The van der Waals surface area contributed by atoms with Crippen LogP contribution < -0.4 is 5.32 Å². The molecule has 0 aliphatic carbocycles. The average Bonchev–Trinajstić information content (AvgIpc) is 2.24. The minimum atomic E-state index is -1.35. The third-order valence-corrected chi connectivity index (χ3v) is 1.73. The highest BCUT2D eigenvalue weighted by Crippen LogP contribution is 2.11. The van der Waals surface area contributed by atoms with E-state index >= 15 is 0 Å². The predicted octanol–water partition coefficient (Wildman–Crippen LogP) is 1.70. The van der Waals surface area contributed by atoms with Gasteiger partial charge < -0.3 is 19.9 Å². The maximum atomic E-state index is 11.9. The van der Waals surface area contributed by atoms with Gasteiger partial charge in [-0.25, -0.2) is 9.59 Å². The molecule has 0 aromatic rings. The second kappa shape index (κ2) is 6.58. The van der Waals surface area contributed by atoms with E-state index in [0.717, 1.165) is 0 Å². The van der Waals surface area contributed by atoms with Crippen molar-refractivity contribution in [3.05, 3.63) is 0 Å². The Kier molecular flexibility index (Phi) is 5.35. The zero-order valence-electron chi connectivity index (χ0n) is 13.5. The Morgan fingerprint density at radius 2 is 1.70 bits per heavy atom. The zero-order valence-corrected chi connectivity index (χ0v) is 12.5. The number of carboxylic acids is 1. The van der Waals surface area contributed by atoms with Crippen molar-refractivity contribution in [2.75, 3.05) is 0 Å². The molecule has 20 heavy (non-hydrogen) atoms. The van der Waals surface area contributed by atoms with Crippen LogP contribution in [0.3, 0.4) is 0 Å². The standard InChI is InChI=1S/C13H23NO6/c1-12(2,3)19-10(17)8(7-9(15)16)14-11(18)20-13(4,5)6/h8H,7H2,1-6H3,(H,14,18)(H,15,16)/t8-/m0/s1/i4D. The molecule has 116 valence electrons. The van der Waals surface area contributed by atoms with E-state index in [1.807, 2.05) is 0 Å². The number of nitrogens with one attached hydrogen (secondary N) is 1. The summed E-state index contributed by atoms with van der Waals surface area (Å²) in [5.41, 5.74) is -1.84. The molecule has 1 atom stereocenters. The topological polar surface area (TPSA) is 102 Å². The summed E-state index contributed by atoms with van der Waals surface area (Å²) in [7, 11) is 0. The maximum absolute atomic E-state index is 11.9. The van der Waals surface area contributed by atoms with Crippen molar-refractivity contribution in [3.8, 4) is 0 Å². The van der Waals surface area contributed by atoms with Gasteiger partial charge in [0.05, 0.1) is 6.42 Å². The fourth-order valence-electron chi connectivity index (χ4n) is 1.16. The number of carboxylic acid groups (broad SMARTS) is 1. The van der Waals surface area contributed by atoms with Gasteiger partial charge in [-0.2, -0.15) is 0 Å². The van der Waals surface area contributed by atoms with E-state index in [4.69, 9.17) is 16.0 Å². The minimum absolute atomic E-state index is 0.170. The smallest absolute Gasteiger partial charge is 0.408 e. The molecular weight excluding hydrogens is 266 g/mol. The third kappa shape index (κ3) is 9.18. The van der Waals surface area contributed by atoms with Gasteiger partial charge >= 0.3 is 18.0 Å². The second-order valence-corrected chi connectivity index (χ2v) is 5.98. The van der Waals surface area contributed by atoms with Crippen molar-refractivity contribution in [2.45, 2.75) is 65.2 Å². The van der Waals surface area contributed by atoms with Crippen LogP contribution >= 0.6 is 0 Å². The fourth-order valence-corrected chi connectivity index (χ4v) is 1.16. The van der Waals surface area contributed by atoms with Crippen LogP contribution in [-0.2, 0) is 19.1 Å². The predicted molar refractivity (Wildman–Crippen MR) is 71.3 cm³/mol. The first kappa shape index (κ1) is 16.3. The largest absolute Gasteiger partial charge is 0.481 e. The number of ether oxygens (including phenoxy) is 2. The molecule has 7 heteroatoms. The molecule has 0 heterocycles. The second-order valence-electron chi connectivity index (χ2n) is 5.98. The molecule has 0 saturated carbocycles. The number of hydrogen-bond acceptors (Lipinski definition) is 5. The summed E-state index contributed by atoms with van der Waals surface area (Å²) in [5.74, 6) is -2.11. The SMILES string of the molecule is [2H]CC(C)(C)OC(=O)N[C@@H](CC(=O)O)C(=O)OC(C)(C)C. The summed E-state index contributed by atoms with van der Waals surface area (Å²) in [6.45, 7) is 7.77. The van der Waals surface area contributed by atoms with Crippen molar-refractivity contribution in [1.82, 2.24) is 5.32 Å². The van der Waals surface area contributed by atoms with E-state index in [9.17, 15) is 14.4 Å². The van der Waals surface area contributed by atoms with E-state index < -0.39 is 41.7 Å². The molecule has 0 aliphatic rings. The number of hydrogen-bond donors (Lipinski definition) is 2. The van der Waals surface area contributed by atoms with Crippen molar-refractivity contribution in [1.29, 1.82) is 0 Å². The molecule has 2 N–H and O–H groups in total. The molecule has 0 fully saturated rings. The molecule has 7 nitrogen and oxygen atoms in total. The summed E-state index contributed by atoms with van der Waals surface area (Å²) >= 11 is 0. The lowest BCUT2D eigenvalue weighted by Crippen LogP contribution is -2.47. The Morgan fingerprint density at radius 3 is 2.10 bits per heavy atom. The molecule has 0 aromatic heterocycles. The summed E-state index contributed by atoms with van der Waals surface area (Å²) in [6, 6.07) is -1.35. The first-order valence-corrected chi connectivity index (χ1v) is 6.10. The van der Waals surface area contributed by atoms with Crippen LogP contribution in [0.25, 0.3) is 0 Å². The molecule has 0 bridgehead atoms. The van der Waals surface area contributed by atoms with Gasteiger partial charge in [0, 0.05) is 1.37 Å². The number of esters is 1. The van der Waals surface area contributed by atoms with Gasteiger partial charge in [-0.3, -0.25) is 4.79 Å². The Morgan fingerprint density at radius 1 is 1.15 bits per heavy atom. The van der Waals surface area contributed by atoms with E-state index in [1.165, 1.54) is 13.8 Å². The molecule has 0 aromatic carbocycles. The van der Waals surface area contributed by atoms with Crippen LogP contribution in [0.2, 0.25) is 0 Å². The third-order valence-electron chi connectivity index (χ3n) is 1.73. The molecular formula is C13H23NO6. The van der Waals surface area contributed by atoms with Gasteiger partial charge in [-0.05, 0) is 41.5 Å². The summed E-state index contributed by atoms with van der Waals surface area (Å²) in [6.07, 6.45) is -1.59. The highest BCUT2D eigenvalue weighted by molar-refractivity contribution is 5.86. The highest BCUT2D eigenvalue weighted by Gasteiger charge is 2.30. The fraction of sp³-hybridized carbons (Fsp3) is 0.769. The first-order valence-electron chi connectivity index (χ1n) is 6.80. The van der Waals surface area contributed by atoms with Crippen LogP contribution in [-0.4, -0.2) is 40.4 Å². The number of aliphatic carboxylic acids is 1. The van der Waals surface area contributed by atoms with Gasteiger partial charge in [0.2, 0.25) is 0 Å². The number of carbonyl (C=O) groups is 3. The van der Waals surface area contributed by atoms with Gasteiger partial charge in [-0.1, -0.05) is 0 Å². The van der Waals surface area contributed by atoms with Crippen molar-refractivity contribution in [2.24, 2.45) is 0 Å². The average molecular weight is 290 g/mol. The van der Waals surface area contributed by atoms with E-state index in [2.05, 4.69) is 5.32 Å². The molecule has 0 unspecified atom stereocenters. The Hall–Kier alpha value is -1.79. The Balaban J connectivity index is 4.81. The van der Waals surface area contributed by atoms with Gasteiger partial charge in [0.25, 0.3) is 0 Å². The van der Waals surface area contributed by atoms with Crippen LogP contribution in [0.5, 0.6) is 0 Å². The first-order chi connectivity index (χ1) is 9.36. The molecule has 0 radical (unpaired) electrons. The van der Waals surface area contributed by atoms with Crippen LogP contribution in [0.1, 0.15) is 49.3 Å². The number of alkyl carbamates (subject to hydrolysis) is 1. The Bertz CT molecular complexity index is 402. The monoisotopic (exact) mass is 290 g/mol.